The molecule has 0 saturated carbocycles. The number of benzene rings is 2. The maximum atomic E-state index is 11.8. The number of carbonyl (C=O) groups excluding carboxylic acids is 1. The first-order chi connectivity index (χ1) is 12.2. The molecule has 1 aromatic heterocycles. The van der Waals surface area contributed by atoms with Crippen LogP contribution in [0.25, 0.3) is 11.1 Å². The average molecular weight is 329 g/mol. The number of hydrogen-bond acceptors (Lipinski definition) is 3. The third-order valence-corrected chi connectivity index (χ3v) is 4.58. The quantitative estimate of drug-likeness (QED) is 0.755. The van der Waals surface area contributed by atoms with Crippen molar-refractivity contribution in [3.8, 4) is 11.1 Å². The summed E-state index contributed by atoms with van der Waals surface area (Å²) in [5.74, 6) is 0.00554. The molecule has 1 amide bonds. The lowest BCUT2D eigenvalue weighted by Gasteiger charge is -2.17. The van der Waals surface area contributed by atoms with Gasteiger partial charge in [-0.2, -0.15) is 0 Å². The Bertz CT molecular complexity index is 921. The van der Waals surface area contributed by atoms with Crippen LogP contribution in [0.4, 0.5) is 5.69 Å². The Labute approximate surface area is 146 Å². The Morgan fingerprint density at radius 1 is 1.04 bits per heavy atom. The summed E-state index contributed by atoms with van der Waals surface area (Å²) in [5, 5.41) is 6.35. The van der Waals surface area contributed by atoms with Gasteiger partial charge in [0.25, 0.3) is 5.91 Å². The third kappa shape index (κ3) is 3.11. The molecule has 25 heavy (non-hydrogen) atoms. The maximum Gasteiger partial charge on any atom is 0.251 e. The molecule has 0 unspecified atom stereocenters. The van der Waals surface area contributed by atoms with Crippen molar-refractivity contribution in [2.24, 2.45) is 0 Å². The van der Waals surface area contributed by atoms with Gasteiger partial charge in [-0.1, -0.05) is 24.3 Å². The van der Waals surface area contributed by atoms with Crippen molar-refractivity contribution in [1.82, 2.24) is 10.3 Å². The van der Waals surface area contributed by atoms with Crippen LogP contribution in [0.15, 0.2) is 67.0 Å². The maximum absolute atomic E-state index is 11.8. The van der Waals surface area contributed by atoms with E-state index in [1.54, 1.807) is 12.4 Å². The number of anilines is 1. The monoisotopic (exact) mass is 329 g/mol. The number of carbonyl (C=O) groups is 1. The van der Waals surface area contributed by atoms with Crippen molar-refractivity contribution in [3.63, 3.8) is 0 Å². The second-order valence-corrected chi connectivity index (χ2v) is 6.28. The van der Waals surface area contributed by atoms with Crippen LogP contribution in [-0.4, -0.2) is 10.9 Å². The summed E-state index contributed by atoms with van der Waals surface area (Å²) in [6.45, 7) is 2.75. The molecule has 4 rings (SSSR count). The van der Waals surface area contributed by atoms with Crippen LogP contribution in [0.1, 0.15) is 34.5 Å². The number of nitrogens with one attached hydrogen (secondary N) is 2. The lowest BCUT2D eigenvalue weighted by molar-refractivity contribution is 0.0966. The molecule has 0 bridgehead atoms. The summed E-state index contributed by atoms with van der Waals surface area (Å²) in [5.41, 5.74) is 6.29. The van der Waals surface area contributed by atoms with Gasteiger partial charge in [0.1, 0.15) is 0 Å². The molecular weight excluding hydrogens is 310 g/mol. The van der Waals surface area contributed by atoms with Crippen LogP contribution in [0.2, 0.25) is 0 Å². The van der Waals surface area contributed by atoms with E-state index in [0.717, 1.165) is 22.4 Å². The number of rotatable bonds is 4. The average Bonchev–Trinajstić information content (AvgIpc) is 3.03. The van der Waals surface area contributed by atoms with Crippen LogP contribution in [0.5, 0.6) is 0 Å². The molecule has 1 atom stereocenters. The van der Waals surface area contributed by atoms with Gasteiger partial charge in [0.15, 0.2) is 0 Å². The van der Waals surface area contributed by atoms with Gasteiger partial charge < -0.3 is 10.6 Å². The van der Waals surface area contributed by atoms with E-state index < -0.39 is 0 Å². The lowest BCUT2D eigenvalue weighted by Crippen LogP contribution is -2.12. The SMILES string of the molecule is C[C@H](Nc1ccc2c(c1)C(=O)NC2)c1cccc(-c2ccncc2)c1. The smallest absolute Gasteiger partial charge is 0.251 e. The summed E-state index contributed by atoms with van der Waals surface area (Å²) >= 11 is 0. The van der Waals surface area contributed by atoms with E-state index in [1.807, 2.05) is 30.3 Å². The molecule has 0 aliphatic carbocycles. The standard InChI is InChI=1S/C21H19N3O/c1-14(24-19-6-5-18-13-23-21(25)20(18)12-19)16-3-2-4-17(11-16)15-7-9-22-10-8-15/h2-12,14,24H,13H2,1H3,(H,23,25)/t14-/m0/s1. The zero-order valence-electron chi connectivity index (χ0n) is 14.0. The molecule has 4 nitrogen and oxygen atoms in total. The van der Waals surface area contributed by atoms with Crippen LogP contribution in [-0.2, 0) is 6.54 Å². The fraction of sp³-hybridized carbons (Fsp3) is 0.143. The zero-order valence-corrected chi connectivity index (χ0v) is 14.0. The minimum atomic E-state index is 0.00554. The first-order valence-corrected chi connectivity index (χ1v) is 8.39. The van der Waals surface area contributed by atoms with Gasteiger partial charge in [-0.25, -0.2) is 0 Å². The van der Waals surface area contributed by atoms with Crippen molar-refractivity contribution in [2.75, 3.05) is 5.32 Å². The van der Waals surface area contributed by atoms with Gasteiger partial charge in [0, 0.05) is 36.2 Å². The molecule has 124 valence electrons. The Hall–Kier alpha value is -3.14. The van der Waals surface area contributed by atoms with Gasteiger partial charge >= 0.3 is 0 Å². The lowest BCUT2D eigenvalue weighted by atomic mass is 10.0. The number of fused-ring (bicyclic) bond motifs is 1. The van der Waals surface area contributed by atoms with E-state index in [2.05, 4.69) is 46.8 Å². The van der Waals surface area contributed by atoms with Crippen molar-refractivity contribution >= 4 is 11.6 Å². The summed E-state index contributed by atoms with van der Waals surface area (Å²) in [6.07, 6.45) is 3.61. The number of amides is 1. The zero-order chi connectivity index (χ0) is 17.2. The van der Waals surface area contributed by atoms with E-state index in [-0.39, 0.29) is 11.9 Å². The van der Waals surface area contributed by atoms with Crippen molar-refractivity contribution in [1.29, 1.82) is 0 Å². The molecule has 1 aliphatic heterocycles. The Balaban J connectivity index is 1.57. The summed E-state index contributed by atoms with van der Waals surface area (Å²) in [7, 11) is 0. The fourth-order valence-corrected chi connectivity index (χ4v) is 3.17. The molecule has 0 saturated heterocycles. The molecule has 0 fully saturated rings. The highest BCUT2D eigenvalue weighted by Gasteiger charge is 2.19. The van der Waals surface area contributed by atoms with Crippen LogP contribution >= 0.6 is 0 Å². The normalized spacial score (nSPS) is 13.9. The summed E-state index contributed by atoms with van der Waals surface area (Å²) in [4.78, 5) is 15.9. The predicted molar refractivity (Wildman–Crippen MR) is 99.3 cm³/mol. The van der Waals surface area contributed by atoms with Gasteiger partial charge in [-0.05, 0) is 59.5 Å². The Morgan fingerprint density at radius 3 is 2.72 bits per heavy atom. The first-order valence-electron chi connectivity index (χ1n) is 8.39. The minimum Gasteiger partial charge on any atom is -0.379 e. The van der Waals surface area contributed by atoms with Crippen LogP contribution < -0.4 is 10.6 Å². The Morgan fingerprint density at radius 2 is 1.88 bits per heavy atom. The van der Waals surface area contributed by atoms with Crippen LogP contribution in [0, 0.1) is 0 Å². The molecule has 2 aromatic carbocycles. The highest BCUT2D eigenvalue weighted by atomic mass is 16.1. The first kappa shape index (κ1) is 15.4. The number of pyridine rings is 1. The Kier molecular flexibility index (Phi) is 3.94. The van der Waals surface area contributed by atoms with Crippen LogP contribution in [0.3, 0.4) is 0 Å². The summed E-state index contributed by atoms with van der Waals surface area (Å²) in [6, 6.07) is 18.6. The van der Waals surface area contributed by atoms with E-state index in [0.29, 0.717) is 6.54 Å². The molecule has 1 aliphatic rings. The number of nitrogens with zero attached hydrogens (tertiary/aromatic N) is 1. The second-order valence-electron chi connectivity index (χ2n) is 6.28. The highest BCUT2D eigenvalue weighted by molar-refractivity contribution is 5.99. The van der Waals surface area contributed by atoms with Gasteiger partial charge in [0.05, 0.1) is 0 Å². The van der Waals surface area contributed by atoms with Crippen molar-refractivity contribution in [2.45, 2.75) is 19.5 Å². The van der Waals surface area contributed by atoms with E-state index in [1.165, 1.54) is 11.1 Å². The predicted octanol–water partition coefficient (Wildman–Crippen LogP) is 4.17. The molecule has 2 heterocycles. The largest absolute Gasteiger partial charge is 0.379 e. The number of aromatic nitrogens is 1. The van der Waals surface area contributed by atoms with Gasteiger partial charge in [-0.3, -0.25) is 9.78 Å². The van der Waals surface area contributed by atoms with E-state index in [9.17, 15) is 4.79 Å². The molecular formula is C21H19N3O. The molecule has 3 aromatic rings. The molecule has 0 radical (unpaired) electrons. The number of hydrogen-bond donors (Lipinski definition) is 2. The molecule has 4 heteroatoms. The highest BCUT2D eigenvalue weighted by Crippen LogP contribution is 2.26. The topological polar surface area (TPSA) is 54.0 Å². The second kappa shape index (κ2) is 6.40. The fourth-order valence-electron chi connectivity index (χ4n) is 3.17. The summed E-state index contributed by atoms with van der Waals surface area (Å²) < 4.78 is 0. The third-order valence-electron chi connectivity index (χ3n) is 4.58. The van der Waals surface area contributed by atoms with Crippen molar-refractivity contribution < 1.29 is 4.79 Å². The van der Waals surface area contributed by atoms with Crippen molar-refractivity contribution in [3.05, 3.63) is 83.7 Å². The van der Waals surface area contributed by atoms with E-state index >= 15 is 0 Å². The minimum absolute atomic E-state index is 0.00554. The molecule has 2 N–H and O–H groups in total. The van der Waals surface area contributed by atoms with E-state index in [4.69, 9.17) is 0 Å². The molecule has 0 spiro atoms. The van der Waals surface area contributed by atoms with Gasteiger partial charge in [-0.15, -0.1) is 0 Å². The van der Waals surface area contributed by atoms with Gasteiger partial charge in [0.2, 0.25) is 0 Å².